The summed E-state index contributed by atoms with van der Waals surface area (Å²) < 4.78 is 10.8. The van der Waals surface area contributed by atoms with Crippen molar-refractivity contribution < 1.29 is 14.3 Å². The molecule has 1 aliphatic rings. The second-order valence-electron chi connectivity index (χ2n) is 5.26. The van der Waals surface area contributed by atoms with Gasteiger partial charge >= 0.3 is 0 Å². The maximum absolute atomic E-state index is 12.4. The van der Waals surface area contributed by atoms with Gasteiger partial charge in [0.2, 0.25) is 0 Å². The SMILES string of the molecule is COc1ccccc1-c1cc(N(C)C(=O)C2=CCCCO2)n[nH]1. The monoisotopic (exact) mass is 313 g/mol. The fraction of sp³-hybridized carbons (Fsp3) is 0.294. The van der Waals surface area contributed by atoms with E-state index in [0.29, 0.717) is 18.2 Å². The lowest BCUT2D eigenvalue weighted by atomic mass is 10.1. The van der Waals surface area contributed by atoms with Crippen LogP contribution < -0.4 is 9.64 Å². The molecule has 0 radical (unpaired) electrons. The predicted molar refractivity (Wildman–Crippen MR) is 87.3 cm³/mol. The van der Waals surface area contributed by atoms with Crippen LogP contribution in [0.4, 0.5) is 5.82 Å². The summed E-state index contributed by atoms with van der Waals surface area (Å²) in [7, 11) is 3.31. The van der Waals surface area contributed by atoms with Crippen molar-refractivity contribution >= 4 is 11.7 Å². The van der Waals surface area contributed by atoms with Crippen molar-refractivity contribution in [3.63, 3.8) is 0 Å². The van der Waals surface area contributed by atoms with E-state index in [-0.39, 0.29) is 5.91 Å². The molecule has 0 spiro atoms. The number of aromatic nitrogens is 2. The van der Waals surface area contributed by atoms with Crippen LogP contribution in [0.5, 0.6) is 5.75 Å². The Kier molecular flexibility index (Phi) is 4.32. The summed E-state index contributed by atoms with van der Waals surface area (Å²) in [5, 5.41) is 7.18. The first-order valence-electron chi connectivity index (χ1n) is 7.50. The Bertz CT molecular complexity index is 736. The molecule has 120 valence electrons. The zero-order valence-corrected chi connectivity index (χ0v) is 13.2. The van der Waals surface area contributed by atoms with Crippen LogP contribution in [0.1, 0.15) is 12.8 Å². The molecular formula is C17H19N3O3. The maximum Gasteiger partial charge on any atom is 0.293 e. The number of nitrogens with one attached hydrogen (secondary N) is 1. The van der Waals surface area contributed by atoms with Crippen LogP contribution in [0, 0.1) is 0 Å². The summed E-state index contributed by atoms with van der Waals surface area (Å²) >= 11 is 0. The molecule has 1 amide bonds. The summed E-state index contributed by atoms with van der Waals surface area (Å²) in [5.41, 5.74) is 1.68. The van der Waals surface area contributed by atoms with E-state index in [9.17, 15) is 4.79 Å². The normalized spacial score (nSPS) is 13.9. The van der Waals surface area contributed by atoms with E-state index in [2.05, 4.69) is 10.2 Å². The molecule has 0 atom stereocenters. The van der Waals surface area contributed by atoms with Crippen LogP contribution in [-0.2, 0) is 9.53 Å². The standard InChI is InChI=1S/C17H19N3O3/c1-20(17(21)15-9-5-6-10-23-15)16-11-13(18-19-16)12-7-3-4-8-14(12)22-2/h3-4,7-9,11H,5-6,10H2,1-2H3,(H,18,19). The molecule has 1 aromatic heterocycles. The van der Waals surface area contributed by atoms with E-state index in [1.165, 1.54) is 4.90 Å². The molecule has 0 unspecified atom stereocenters. The quantitative estimate of drug-likeness (QED) is 0.942. The molecule has 0 saturated carbocycles. The van der Waals surface area contributed by atoms with E-state index >= 15 is 0 Å². The Morgan fingerprint density at radius 1 is 1.39 bits per heavy atom. The van der Waals surface area contributed by atoms with Gasteiger partial charge in [0.05, 0.1) is 19.4 Å². The van der Waals surface area contributed by atoms with Gasteiger partial charge in [-0.15, -0.1) is 0 Å². The number of aromatic amines is 1. The molecule has 1 aliphatic heterocycles. The highest BCUT2D eigenvalue weighted by Gasteiger charge is 2.21. The zero-order valence-electron chi connectivity index (χ0n) is 13.2. The number of anilines is 1. The van der Waals surface area contributed by atoms with Crippen molar-refractivity contribution in [2.45, 2.75) is 12.8 Å². The van der Waals surface area contributed by atoms with Crippen LogP contribution >= 0.6 is 0 Å². The predicted octanol–water partition coefficient (Wildman–Crippen LogP) is 2.74. The van der Waals surface area contributed by atoms with Gasteiger partial charge in [0, 0.05) is 18.7 Å². The lowest BCUT2D eigenvalue weighted by Crippen LogP contribution is -2.30. The first-order valence-corrected chi connectivity index (χ1v) is 7.50. The number of ether oxygens (including phenoxy) is 2. The molecule has 0 saturated heterocycles. The minimum Gasteiger partial charge on any atom is -0.496 e. The highest BCUT2D eigenvalue weighted by atomic mass is 16.5. The Morgan fingerprint density at radius 3 is 2.96 bits per heavy atom. The maximum atomic E-state index is 12.4. The molecule has 6 nitrogen and oxygen atoms in total. The molecule has 23 heavy (non-hydrogen) atoms. The Labute approximate surface area is 134 Å². The molecular weight excluding hydrogens is 294 g/mol. The third-order valence-electron chi connectivity index (χ3n) is 3.76. The van der Waals surface area contributed by atoms with E-state index in [4.69, 9.17) is 9.47 Å². The first kappa shape index (κ1) is 15.1. The minimum atomic E-state index is -0.192. The number of allylic oxidation sites excluding steroid dienone is 1. The molecule has 1 aromatic carbocycles. The van der Waals surface area contributed by atoms with Crippen molar-refractivity contribution in [3.8, 4) is 17.0 Å². The number of carbonyl (C=O) groups excluding carboxylic acids is 1. The van der Waals surface area contributed by atoms with E-state index in [1.54, 1.807) is 14.2 Å². The topological polar surface area (TPSA) is 67.4 Å². The molecule has 0 bridgehead atoms. The average molecular weight is 313 g/mol. The molecule has 1 N–H and O–H groups in total. The zero-order chi connectivity index (χ0) is 16.2. The second kappa shape index (κ2) is 6.56. The molecule has 0 fully saturated rings. The Hall–Kier alpha value is -2.76. The molecule has 3 rings (SSSR count). The lowest BCUT2D eigenvalue weighted by molar-refractivity contribution is -0.118. The van der Waals surface area contributed by atoms with Crippen LogP contribution in [-0.4, -0.2) is 36.9 Å². The Morgan fingerprint density at radius 2 is 2.22 bits per heavy atom. The van der Waals surface area contributed by atoms with Crippen molar-refractivity contribution in [3.05, 3.63) is 42.2 Å². The molecule has 6 heteroatoms. The van der Waals surface area contributed by atoms with Crippen molar-refractivity contribution in [2.75, 3.05) is 25.7 Å². The number of rotatable bonds is 4. The molecule has 0 aliphatic carbocycles. The number of benzene rings is 1. The van der Waals surface area contributed by atoms with Gasteiger partial charge < -0.3 is 9.47 Å². The number of amides is 1. The fourth-order valence-electron chi connectivity index (χ4n) is 2.46. The lowest BCUT2D eigenvalue weighted by Gasteiger charge is -2.19. The summed E-state index contributed by atoms with van der Waals surface area (Å²) in [5.74, 6) is 1.48. The van der Waals surface area contributed by atoms with Crippen LogP contribution in [0.25, 0.3) is 11.3 Å². The number of H-pyrrole nitrogens is 1. The van der Waals surface area contributed by atoms with Crippen LogP contribution in [0.3, 0.4) is 0 Å². The van der Waals surface area contributed by atoms with Gasteiger partial charge in [-0.25, -0.2) is 0 Å². The Balaban J connectivity index is 1.84. The largest absolute Gasteiger partial charge is 0.496 e. The number of hydrogen-bond donors (Lipinski definition) is 1. The fourth-order valence-corrected chi connectivity index (χ4v) is 2.46. The van der Waals surface area contributed by atoms with Crippen molar-refractivity contribution in [1.82, 2.24) is 10.2 Å². The van der Waals surface area contributed by atoms with Gasteiger partial charge in [-0.3, -0.25) is 14.8 Å². The van der Waals surface area contributed by atoms with Crippen molar-refractivity contribution in [1.29, 1.82) is 0 Å². The average Bonchev–Trinajstić information content (AvgIpc) is 3.11. The number of methoxy groups -OCH3 is 1. The number of nitrogens with zero attached hydrogens (tertiary/aromatic N) is 2. The van der Waals surface area contributed by atoms with Crippen LogP contribution in [0.2, 0.25) is 0 Å². The number of likely N-dealkylation sites (N-methyl/N-ethyl adjacent to an activating group) is 1. The second-order valence-corrected chi connectivity index (χ2v) is 5.26. The smallest absolute Gasteiger partial charge is 0.293 e. The van der Waals surface area contributed by atoms with Crippen molar-refractivity contribution in [2.24, 2.45) is 0 Å². The minimum absolute atomic E-state index is 0.192. The number of carbonyl (C=O) groups is 1. The van der Waals surface area contributed by atoms with Gasteiger partial charge in [0.15, 0.2) is 11.6 Å². The summed E-state index contributed by atoms with van der Waals surface area (Å²) in [6.45, 7) is 0.582. The van der Waals surface area contributed by atoms with E-state index in [0.717, 1.165) is 29.8 Å². The molecule has 2 aromatic rings. The summed E-state index contributed by atoms with van der Waals surface area (Å²) in [6.07, 6.45) is 3.64. The van der Waals surface area contributed by atoms with Gasteiger partial charge in [-0.2, -0.15) is 5.10 Å². The summed E-state index contributed by atoms with van der Waals surface area (Å²) in [4.78, 5) is 13.9. The van der Waals surface area contributed by atoms with Gasteiger partial charge in [-0.05, 0) is 31.1 Å². The third kappa shape index (κ3) is 3.06. The first-order chi connectivity index (χ1) is 11.2. The van der Waals surface area contributed by atoms with Gasteiger partial charge in [0.1, 0.15) is 5.75 Å². The van der Waals surface area contributed by atoms with E-state index < -0.39 is 0 Å². The highest BCUT2D eigenvalue weighted by molar-refractivity contribution is 6.03. The van der Waals surface area contributed by atoms with Gasteiger partial charge in [0.25, 0.3) is 5.91 Å². The van der Waals surface area contributed by atoms with Gasteiger partial charge in [-0.1, -0.05) is 12.1 Å². The van der Waals surface area contributed by atoms with Crippen LogP contribution in [0.15, 0.2) is 42.2 Å². The third-order valence-corrected chi connectivity index (χ3v) is 3.76. The summed E-state index contributed by atoms with van der Waals surface area (Å²) in [6, 6.07) is 9.46. The molecule has 2 heterocycles. The number of hydrogen-bond acceptors (Lipinski definition) is 4. The number of para-hydroxylation sites is 1. The van der Waals surface area contributed by atoms with E-state index in [1.807, 2.05) is 36.4 Å². The highest BCUT2D eigenvalue weighted by Crippen LogP contribution is 2.30.